The molecule has 1 saturated carbocycles. The van der Waals surface area contributed by atoms with Gasteiger partial charge < -0.3 is 5.32 Å². The van der Waals surface area contributed by atoms with E-state index in [2.05, 4.69) is 15.0 Å². The van der Waals surface area contributed by atoms with E-state index in [-0.39, 0.29) is 10.9 Å². The molecule has 1 fully saturated rings. The highest BCUT2D eigenvalue weighted by atomic mass is 35.5. The van der Waals surface area contributed by atoms with Crippen LogP contribution < -0.4 is 10.0 Å². The Hall–Kier alpha value is -0.850. The van der Waals surface area contributed by atoms with Crippen LogP contribution >= 0.6 is 11.6 Å². The first-order chi connectivity index (χ1) is 8.03. The zero-order valence-electron chi connectivity index (χ0n) is 9.40. The van der Waals surface area contributed by atoms with Crippen LogP contribution in [0.15, 0.2) is 17.2 Å². The van der Waals surface area contributed by atoms with Crippen molar-refractivity contribution in [2.24, 2.45) is 0 Å². The summed E-state index contributed by atoms with van der Waals surface area (Å²) in [7, 11) is -1.82. The lowest BCUT2D eigenvalue weighted by molar-refractivity contribution is 0.383. The number of sulfonamides is 1. The van der Waals surface area contributed by atoms with Gasteiger partial charge in [-0.1, -0.05) is 18.0 Å². The summed E-state index contributed by atoms with van der Waals surface area (Å²) in [5.41, 5.74) is 0. The van der Waals surface area contributed by atoms with Crippen molar-refractivity contribution in [3.63, 3.8) is 0 Å². The van der Waals surface area contributed by atoms with Crippen molar-refractivity contribution in [2.45, 2.75) is 30.2 Å². The largest absolute Gasteiger partial charge is 0.372 e. The summed E-state index contributed by atoms with van der Waals surface area (Å²) in [4.78, 5) is 4.06. The van der Waals surface area contributed by atoms with Gasteiger partial charge in [-0.3, -0.25) is 0 Å². The maximum atomic E-state index is 12.0. The molecule has 1 aromatic heterocycles. The summed E-state index contributed by atoms with van der Waals surface area (Å²) < 4.78 is 26.5. The zero-order chi connectivity index (χ0) is 12.5. The molecular formula is C10H14ClN3O2S. The van der Waals surface area contributed by atoms with E-state index in [1.807, 2.05) is 0 Å². The molecule has 17 heavy (non-hydrogen) atoms. The van der Waals surface area contributed by atoms with Gasteiger partial charge in [-0.15, -0.1) is 0 Å². The summed E-state index contributed by atoms with van der Waals surface area (Å²) in [6.45, 7) is 0. The highest BCUT2D eigenvalue weighted by Crippen LogP contribution is 2.24. The molecule has 2 rings (SSSR count). The predicted molar refractivity (Wildman–Crippen MR) is 66.8 cm³/mol. The van der Waals surface area contributed by atoms with E-state index in [1.54, 1.807) is 7.05 Å². The number of hydrogen-bond acceptors (Lipinski definition) is 4. The van der Waals surface area contributed by atoms with Crippen LogP contribution in [0.2, 0.25) is 5.02 Å². The number of aromatic nitrogens is 1. The van der Waals surface area contributed by atoms with Crippen molar-refractivity contribution in [2.75, 3.05) is 12.4 Å². The Kier molecular flexibility index (Phi) is 3.56. The molecule has 2 N–H and O–H groups in total. The smallest absolute Gasteiger partial charge is 0.242 e. The molecule has 0 spiro atoms. The molecule has 1 aromatic rings. The summed E-state index contributed by atoms with van der Waals surface area (Å²) >= 11 is 5.90. The molecule has 0 unspecified atom stereocenters. The van der Waals surface area contributed by atoms with Gasteiger partial charge in [-0.2, -0.15) is 0 Å². The SMILES string of the molecule is CNc1ncc(S(=O)(=O)NC2CCC2)cc1Cl. The van der Waals surface area contributed by atoms with E-state index in [1.165, 1.54) is 12.3 Å². The molecule has 0 radical (unpaired) electrons. The molecule has 0 aromatic carbocycles. The van der Waals surface area contributed by atoms with Crippen LogP contribution in [0.1, 0.15) is 19.3 Å². The Morgan fingerprint density at radius 1 is 1.47 bits per heavy atom. The molecular weight excluding hydrogens is 262 g/mol. The first-order valence-electron chi connectivity index (χ1n) is 5.38. The molecule has 0 amide bonds. The van der Waals surface area contributed by atoms with Gasteiger partial charge in [0.15, 0.2) is 0 Å². The maximum Gasteiger partial charge on any atom is 0.242 e. The molecule has 7 heteroatoms. The van der Waals surface area contributed by atoms with Crippen molar-refractivity contribution < 1.29 is 8.42 Å². The molecule has 1 aliphatic carbocycles. The van der Waals surface area contributed by atoms with Gasteiger partial charge >= 0.3 is 0 Å². The third kappa shape index (κ3) is 2.70. The molecule has 0 saturated heterocycles. The Balaban J connectivity index is 2.23. The lowest BCUT2D eigenvalue weighted by atomic mass is 9.94. The number of nitrogens with one attached hydrogen (secondary N) is 2. The van der Waals surface area contributed by atoms with E-state index >= 15 is 0 Å². The summed E-state index contributed by atoms with van der Waals surface area (Å²) in [6, 6.07) is 1.46. The maximum absolute atomic E-state index is 12.0. The van der Waals surface area contributed by atoms with Crippen molar-refractivity contribution >= 4 is 27.4 Å². The number of pyridine rings is 1. The second-order valence-electron chi connectivity index (χ2n) is 4.00. The van der Waals surface area contributed by atoms with Gasteiger partial charge in [0.25, 0.3) is 0 Å². The van der Waals surface area contributed by atoms with Crippen LogP contribution in [0, 0.1) is 0 Å². The van der Waals surface area contributed by atoms with E-state index in [4.69, 9.17) is 11.6 Å². The molecule has 0 bridgehead atoms. The van der Waals surface area contributed by atoms with Crippen molar-refractivity contribution in [1.82, 2.24) is 9.71 Å². The highest BCUT2D eigenvalue weighted by Gasteiger charge is 2.25. The second-order valence-corrected chi connectivity index (χ2v) is 6.12. The fourth-order valence-corrected chi connectivity index (χ4v) is 3.17. The quantitative estimate of drug-likeness (QED) is 0.876. The first-order valence-corrected chi connectivity index (χ1v) is 7.24. The third-order valence-electron chi connectivity index (χ3n) is 2.79. The molecule has 1 heterocycles. The minimum Gasteiger partial charge on any atom is -0.372 e. The third-order valence-corrected chi connectivity index (χ3v) is 4.57. The fourth-order valence-electron chi connectivity index (χ4n) is 1.56. The van der Waals surface area contributed by atoms with Crippen molar-refractivity contribution in [1.29, 1.82) is 0 Å². The van der Waals surface area contributed by atoms with Crippen LogP contribution in [0.3, 0.4) is 0 Å². The van der Waals surface area contributed by atoms with Crippen LogP contribution in [-0.2, 0) is 10.0 Å². The van der Waals surface area contributed by atoms with Crippen LogP contribution in [0.4, 0.5) is 5.82 Å². The Morgan fingerprint density at radius 3 is 2.65 bits per heavy atom. The van der Waals surface area contributed by atoms with Crippen LogP contribution in [0.25, 0.3) is 0 Å². The molecule has 5 nitrogen and oxygen atoms in total. The molecule has 1 aliphatic rings. The average Bonchev–Trinajstić information content (AvgIpc) is 2.23. The van der Waals surface area contributed by atoms with Crippen molar-refractivity contribution in [3.05, 3.63) is 17.3 Å². The van der Waals surface area contributed by atoms with E-state index in [9.17, 15) is 8.42 Å². The molecule has 94 valence electrons. The summed E-state index contributed by atoms with van der Waals surface area (Å²) in [6.07, 6.45) is 4.17. The van der Waals surface area contributed by atoms with Crippen LogP contribution in [0.5, 0.6) is 0 Å². The van der Waals surface area contributed by atoms with E-state index in [0.29, 0.717) is 10.8 Å². The number of anilines is 1. The topological polar surface area (TPSA) is 71.1 Å². The monoisotopic (exact) mass is 275 g/mol. The predicted octanol–water partition coefficient (Wildman–Crippen LogP) is 1.61. The van der Waals surface area contributed by atoms with Crippen LogP contribution in [-0.4, -0.2) is 26.5 Å². The van der Waals surface area contributed by atoms with Gasteiger partial charge in [-0.25, -0.2) is 18.1 Å². The summed E-state index contributed by atoms with van der Waals surface area (Å²) in [5, 5.41) is 3.07. The molecule has 0 atom stereocenters. The van der Waals surface area contributed by atoms with E-state index < -0.39 is 10.0 Å². The highest BCUT2D eigenvalue weighted by molar-refractivity contribution is 7.89. The summed E-state index contributed by atoms with van der Waals surface area (Å²) in [5.74, 6) is 0.467. The Bertz CT molecular complexity index is 514. The average molecular weight is 276 g/mol. The number of nitrogens with zero attached hydrogens (tertiary/aromatic N) is 1. The standard InChI is InChI=1S/C10H14ClN3O2S/c1-12-10-9(11)5-8(6-13-10)17(15,16)14-7-3-2-4-7/h5-7,14H,2-4H2,1H3,(H,12,13). The lowest BCUT2D eigenvalue weighted by Gasteiger charge is -2.26. The first kappa shape index (κ1) is 12.6. The molecule has 0 aliphatic heterocycles. The van der Waals surface area contributed by atoms with Gasteiger partial charge in [0.1, 0.15) is 10.7 Å². The van der Waals surface area contributed by atoms with Gasteiger partial charge in [0.2, 0.25) is 10.0 Å². The Labute approximate surface area is 106 Å². The number of hydrogen-bond donors (Lipinski definition) is 2. The van der Waals surface area contributed by atoms with Crippen molar-refractivity contribution in [3.8, 4) is 0 Å². The van der Waals surface area contributed by atoms with Gasteiger partial charge in [0.05, 0.1) is 5.02 Å². The minimum atomic E-state index is -3.49. The Morgan fingerprint density at radius 2 is 2.18 bits per heavy atom. The second kappa shape index (κ2) is 4.80. The van der Waals surface area contributed by atoms with Gasteiger partial charge in [-0.05, 0) is 18.9 Å². The lowest BCUT2D eigenvalue weighted by Crippen LogP contribution is -2.39. The minimum absolute atomic E-state index is 0.0581. The zero-order valence-corrected chi connectivity index (χ0v) is 11.0. The number of rotatable bonds is 4. The van der Waals surface area contributed by atoms with Gasteiger partial charge in [0, 0.05) is 19.3 Å². The fraction of sp³-hybridized carbons (Fsp3) is 0.500. The number of halogens is 1. The van der Waals surface area contributed by atoms with E-state index in [0.717, 1.165) is 19.3 Å². The normalized spacial score (nSPS) is 16.6.